The van der Waals surface area contributed by atoms with Gasteiger partial charge in [-0.05, 0) is 63.6 Å². The maximum Gasteiger partial charge on any atom is 0.267 e. The number of pyridine rings is 1. The lowest BCUT2D eigenvalue weighted by Crippen LogP contribution is -2.21. The summed E-state index contributed by atoms with van der Waals surface area (Å²) in [7, 11) is 0. The van der Waals surface area contributed by atoms with Gasteiger partial charge < -0.3 is 9.64 Å². The Labute approximate surface area is 192 Å². The van der Waals surface area contributed by atoms with Crippen LogP contribution < -0.4 is 4.90 Å². The minimum Gasteiger partial charge on any atom is -0.435 e. The van der Waals surface area contributed by atoms with E-state index in [0.29, 0.717) is 11.5 Å². The van der Waals surface area contributed by atoms with Crippen molar-refractivity contribution in [3.05, 3.63) is 71.7 Å². The first-order valence-electron chi connectivity index (χ1n) is 10.7. The monoisotopic (exact) mass is 440 g/mol. The van der Waals surface area contributed by atoms with E-state index in [0.717, 1.165) is 53.4 Å². The van der Waals surface area contributed by atoms with Gasteiger partial charge in [0.1, 0.15) is 12.0 Å². The first-order valence-corrected chi connectivity index (χ1v) is 10.7. The Morgan fingerprint density at radius 3 is 2.67 bits per heavy atom. The van der Waals surface area contributed by atoms with E-state index in [2.05, 4.69) is 46.7 Å². The van der Waals surface area contributed by atoms with E-state index in [4.69, 9.17) is 14.7 Å². The van der Waals surface area contributed by atoms with Crippen LogP contribution in [0.1, 0.15) is 30.9 Å². The van der Waals surface area contributed by atoms with Crippen LogP contribution in [-0.4, -0.2) is 45.3 Å². The molecule has 166 valence electrons. The first kappa shape index (κ1) is 22.0. The molecule has 0 radical (unpaired) electrons. The second kappa shape index (κ2) is 9.49. The topological polar surface area (TPSA) is 85.0 Å². The zero-order chi connectivity index (χ0) is 23.4. The van der Waals surface area contributed by atoms with Gasteiger partial charge in [0, 0.05) is 30.7 Å². The standard InChI is InChI=1S/C25H24N6O2/c1-5-30(6-2)19-11-12-20(17(3)16-19)27-23-24-28-22(21-10-7-8-13-26-21)18(4)31(24)29-25(23)33-15-9-14-32/h7-8,10-13,15-16H,5-6H2,1-4H3. The third-order valence-corrected chi connectivity index (χ3v) is 5.42. The van der Waals surface area contributed by atoms with Crippen LogP contribution >= 0.6 is 0 Å². The molecule has 3 heterocycles. The minimum atomic E-state index is 0.225. The average Bonchev–Trinajstić information content (AvgIpc) is 3.33. The molecule has 0 bridgehead atoms. The number of carbonyl (C=O) groups excluding carboxylic acids is 1. The Morgan fingerprint density at radius 1 is 1.18 bits per heavy atom. The molecule has 0 unspecified atom stereocenters. The highest BCUT2D eigenvalue weighted by atomic mass is 16.5. The highest BCUT2D eigenvalue weighted by Gasteiger charge is 2.30. The van der Waals surface area contributed by atoms with E-state index < -0.39 is 0 Å². The van der Waals surface area contributed by atoms with Gasteiger partial charge in [0.25, 0.3) is 5.90 Å². The molecule has 3 aromatic rings. The quantitative estimate of drug-likeness (QED) is 0.325. The van der Waals surface area contributed by atoms with Gasteiger partial charge in [-0.15, -0.1) is 5.10 Å². The summed E-state index contributed by atoms with van der Waals surface area (Å²) in [5.74, 6) is 2.31. The molecule has 0 amide bonds. The lowest BCUT2D eigenvalue weighted by atomic mass is 10.1. The van der Waals surface area contributed by atoms with Crippen molar-refractivity contribution >= 4 is 28.9 Å². The van der Waals surface area contributed by atoms with Gasteiger partial charge in [0.15, 0.2) is 17.5 Å². The van der Waals surface area contributed by atoms with Gasteiger partial charge in [-0.1, -0.05) is 6.07 Å². The summed E-state index contributed by atoms with van der Waals surface area (Å²) in [5.41, 5.74) is 7.91. The van der Waals surface area contributed by atoms with Crippen LogP contribution in [0.2, 0.25) is 0 Å². The number of imidazole rings is 1. The molecule has 0 saturated carbocycles. The Bertz CT molecular complexity index is 1320. The van der Waals surface area contributed by atoms with E-state index in [9.17, 15) is 4.79 Å². The van der Waals surface area contributed by atoms with Crippen molar-refractivity contribution in [3.63, 3.8) is 0 Å². The number of aliphatic imine (C=N–C) groups is 1. The zero-order valence-corrected chi connectivity index (χ0v) is 19.0. The zero-order valence-electron chi connectivity index (χ0n) is 19.0. The molecular formula is C25H24N6O2. The van der Waals surface area contributed by atoms with Crippen LogP contribution in [-0.2, 0) is 9.53 Å². The van der Waals surface area contributed by atoms with E-state index in [1.54, 1.807) is 10.9 Å². The Morgan fingerprint density at radius 2 is 2.00 bits per heavy atom. The van der Waals surface area contributed by atoms with Gasteiger partial charge in [-0.2, -0.15) is 0 Å². The minimum absolute atomic E-state index is 0.225. The van der Waals surface area contributed by atoms with E-state index in [1.807, 2.05) is 38.1 Å². The molecule has 1 aliphatic rings. The smallest absolute Gasteiger partial charge is 0.267 e. The molecule has 0 fully saturated rings. The number of aromatic nitrogens is 3. The van der Waals surface area contributed by atoms with Crippen LogP contribution in [0.3, 0.4) is 0 Å². The fourth-order valence-electron chi connectivity index (χ4n) is 3.71. The Balaban J connectivity index is 1.81. The predicted molar refractivity (Wildman–Crippen MR) is 129 cm³/mol. The maximum atomic E-state index is 10.5. The summed E-state index contributed by atoms with van der Waals surface area (Å²) >= 11 is 0. The highest BCUT2D eigenvalue weighted by molar-refractivity contribution is 6.46. The SMILES string of the molecule is CCN(CC)c1ccc(N=C2C(OC=C=C=O)=Nn3c2nc(-c2ccccn2)c3C)c(C)c1. The molecule has 0 aliphatic carbocycles. The number of hydrogen-bond acceptors (Lipinski definition) is 7. The Hall–Kier alpha value is -4.25. The normalized spacial score (nSPS) is 13.2. The van der Waals surface area contributed by atoms with Crippen LogP contribution in [0.25, 0.3) is 11.4 Å². The van der Waals surface area contributed by atoms with E-state index in [1.165, 1.54) is 5.94 Å². The van der Waals surface area contributed by atoms with E-state index >= 15 is 0 Å². The predicted octanol–water partition coefficient (Wildman–Crippen LogP) is 4.22. The number of fused-ring (bicyclic) bond motifs is 1. The maximum absolute atomic E-state index is 10.5. The summed E-state index contributed by atoms with van der Waals surface area (Å²) in [6.45, 7) is 10.1. The molecule has 4 rings (SSSR count). The van der Waals surface area contributed by atoms with Crippen molar-refractivity contribution in [2.75, 3.05) is 18.0 Å². The number of anilines is 1. The molecule has 0 atom stereocenters. The van der Waals surface area contributed by atoms with Gasteiger partial charge in [-0.3, -0.25) is 4.98 Å². The van der Waals surface area contributed by atoms with Crippen molar-refractivity contribution in [2.24, 2.45) is 10.1 Å². The molecule has 2 aromatic heterocycles. The molecule has 1 aliphatic heterocycles. The summed E-state index contributed by atoms with van der Waals surface area (Å²) in [4.78, 5) is 26.8. The van der Waals surface area contributed by atoms with Crippen LogP contribution in [0.4, 0.5) is 11.4 Å². The van der Waals surface area contributed by atoms with Crippen LogP contribution in [0.15, 0.2) is 64.7 Å². The van der Waals surface area contributed by atoms with Crippen LogP contribution in [0, 0.1) is 13.8 Å². The lowest BCUT2D eigenvalue weighted by molar-refractivity contribution is 0.478. The third kappa shape index (κ3) is 4.26. The number of rotatable bonds is 6. The second-order valence-corrected chi connectivity index (χ2v) is 7.39. The van der Waals surface area contributed by atoms with Crippen molar-refractivity contribution in [3.8, 4) is 11.4 Å². The summed E-state index contributed by atoms with van der Waals surface area (Å²) in [6, 6.07) is 11.8. The largest absolute Gasteiger partial charge is 0.435 e. The van der Waals surface area contributed by atoms with Gasteiger partial charge in [0.2, 0.25) is 0 Å². The third-order valence-electron chi connectivity index (χ3n) is 5.42. The van der Waals surface area contributed by atoms with Crippen molar-refractivity contribution in [2.45, 2.75) is 27.7 Å². The lowest BCUT2D eigenvalue weighted by Gasteiger charge is -2.21. The Kier molecular flexibility index (Phi) is 6.31. The fourth-order valence-corrected chi connectivity index (χ4v) is 3.71. The van der Waals surface area contributed by atoms with Crippen LogP contribution in [0.5, 0.6) is 0 Å². The summed E-state index contributed by atoms with van der Waals surface area (Å²) < 4.78 is 7.22. The van der Waals surface area contributed by atoms with Gasteiger partial charge >= 0.3 is 0 Å². The fraction of sp³-hybridized carbons (Fsp3) is 0.240. The van der Waals surface area contributed by atoms with Crippen molar-refractivity contribution in [1.29, 1.82) is 0 Å². The molecule has 0 saturated heterocycles. The molecule has 0 N–H and O–H groups in total. The number of hydrogen-bond donors (Lipinski definition) is 0. The molecule has 8 nitrogen and oxygen atoms in total. The molecule has 0 spiro atoms. The average molecular weight is 441 g/mol. The molecular weight excluding hydrogens is 416 g/mol. The van der Waals surface area contributed by atoms with Crippen molar-refractivity contribution < 1.29 is 9.53 Å². The highest BCUT2D eigenvalue weighted by Crippen LogP contribution is 2.29. The number of benzene rings is 1. The van der Waals surface area contributed by atoms with Gasteiger partial charge in [-0.25, -0.2) is 19.4 Å². The van der Waals surface area contributed by atoms with Gasteiger partial charge in [0.05, 0.1) is 17.1 Å². The number of nitrogens with zero attached hydrogens (tertiary/aromatic N) is 6. The van der Waals surface area contributed by atoms with Crippen molar-refractivity contribution in [1.82, 2.24) is 14.6 Å². The summed E-state index contributed by atoms with van der Waals surface area (Å²) in [6.07, 6.45) is 2.84. The molecule has 1 aromatic carbocycles. The number of ether oxygens (including phenoxy) is 1. The summed E-state index contributed by atoms with van der Waals surface area (Å²) in [5, 5.41) is 4.53. The van der Waals surface area contributed by atoms with E-state index in [-0.39, 0.29) is 5.90 Å². The second-order valence-electron chi connectivity index (χ2n) is 7.39. The molecule has 33 heavy (non-hydrogen) atoms. The molecule has 8 heteroatoms. The first-order chi connectivity index (χ1) is 16.1. The number of aryl methyl sites for hydroxylation is 1.